The van der Waals surface area contributed by atoms with Crippen LogP contribution in [0.2, 0.25) is 0 Å². The molecule has 1 atom stereocenters. The number of fused-ring (bicyclic) bond motifs is 1. The van der Waals surface area contributed by atoms with E-state index in [2.05, 4.69) is 22.0 Å². The van der Waals surface area contributed by atoms with Crippen LogP contribution in [0.25, 0.3) is 11.1 Å². The third kappa shape index (κ3) is 6.27. The van der Waals surface area contributed by atoms with Crippen LogP contribution in [0.3, 0.4) is 0 Å². The highest BCUT2D eigenvalue weighted by Gasteiger charge is 2.43. The number of alkyl carbamates (subject to hydrolysis) is 1. The minimum atomic E-state index is -1.21. The first-order chi connectivity index (χ1) is 17.6. The van der Waals surface area contributed by atoms with Crippen molar-refractivity contribution in [1.82, 2.24) is 16.0 Å². The van der Waals surface area contributed by atoms with Gasteiger partial charge in [0.15, 0.2) is 0 Å². The molecule has 2 aliphatic rings. The SMILES string of the molecule is CC(C)(C)OC(=O)NC1(C(=O)NC(C#N)Cc2ccc(-c3ccc4c(c3)CNC4=O)cc2)CCOCC1. The number of ether oxygens (including phenoxy) is 2. The Morgan fingerprint density at radius 3 is 2.46 bits per heavy atom. The lowest BCUT2D eigenvalue weighted by Crippen LogP contribution is -2.63. The molecular formula is C28H32N4O5. The first-order valence-corrected chi connectivity index (χ1v) is 12.4. The van der Waals surface area contributed by atoms with Crippen molar-refractivity contribution >= 4 is 17.9 Å². The van der Waals surface area contributed by atoms with Gasteiger partial charge in [0.25, 0.3) is 5.91 Å². The van der Waals surface area contributed by atoms with Gasteiger partial charge in [0, 0.05) is 44.6 Å². The Kier molecular flexibility index (Phi) is 7.50. The van der Waals surface area contributed by atoms with Gasteiger partial charge in [-0.2, -0.15) is 5.26 Å². The third-order valence-electron chi connectivity index (χ3n) is 6.50. The highest BCUT2D eigenvalue weighted by molar-refractivity contribution is 5.99. The highest BCUT2D eigenvalue weighted by Crippen LogP contribution is 2.26. The normalized spacial score (nSPS) is 17.1. The highest BCUT2D eigenvalue weighted by atomic mass is 16.6. The fourth-order valence-electron chi connectivity index (χ4n) is 4.53. The molecule has 3 N–H and O–H groups in total. The number of nitrogens with one attached hydrogen (secondary N) is 3. The summed E-state index contributed by atoms with van der Waals surface area (Å²) in [5.74, 6) is -0.476. The van der Waals surface area contributed by atoms with Crippen LogP contribution < -0.4 is 16.0 Å². The van der Waals surface area contributed by atoms with E-state index in [1.54, 1.807) is 20.8 Å². The van der Waals surface area contributed by atoms with Crippen molar-refractivity contribution < 1.29 is 23.9 Å². The average Bonchev–Trinajstić information content (AvgIpc) is 3.23. The lowest BCUT2D eigenvalue weighted by atomic mass is 9.88. The fraction of sp³-hybridized carbons (Fsp3) is 0.429. The first-order valence-electron chi connectivity index (χ1n) is 12.4. The van der Waals surface area contributed by atoms with Crippen molar-refractivity contribution in [3.8, 4) is 17.2 Å². The zero-order chi connectivity index (χ0) is 26.6. The third-order valence-corrected chi connectivity index (χ3v) is 6.50. The molecule has 0 radical (unpaired) electrons. The number of benzene rings is 2. The predicted octanol–water partition coefficient (Wildman–Crippen LogP) is 3.22. The van der Waals surface area contributed by atoms with Gasteiger partial charge in [-0.05, 0) is 55.2 Å². The van der Waals surface area contributed by atoms with Gasteiger partial charge >= 0.3 is 6.09 Å². The van der Waals surface area contributed by atoms with Crippen LogP contribution in [0, 0.1) is 11.3 Å². The van der Waals surface area contributed by atoms with Gasteiger partial charge in [-0.3, -0.25) is 9.59 Å². The molecule has 9 nitrogen and oxygen atoms in total. The van der Waals surface area contributed by atoms with Crippen LogP contribution >= 0.6 is 0 Å². The fourth-order valence-corrected chi connectivity index (χ4v) is 4.53. The van der Waals surface area contributed by atoms with Crippen LogP contribution in [0.15, 0.2) is 42.5 Å². The Labute approximate surface area is 216 Å². The summed E-state index contributed by atoms with van der Waals surface area (Å²) in [5.41, 5.74) is 2.64. The van der Waals surface area contributed by atoms with Gasteiger partial charge in [-0.1, -0.05) is 30.3 Å². The van der Waals surface area contributed by atoms with E-state index in [-0.39, 0.29) is 18.7 Å². The average molecular weight is 505 g/mol. The minimum absolute atomic E-state index is 0.0506. The summed E-state index contributed by atoms with van der Waals surface area (Å²) in [7, 11) is 0. The smallest absolute Gasteiger partial charge is 0.408 e. The summed E-state index contributed by atoms with van der Waals surface area (Å²) in [5, 5.41) is 18.1. The van der Waals surface area contributed by atoms with Crippen molar-refractivity contribution in [3.05, 3.63) is 59.2 Å². The Hall–Kier alpha value is -3.90. The standard InChI is InChI=1S/C28H32N4O5/c1-27(2,3)37-26(35)32-28(10-12-36-13-11-28)25(34)31-22(16-29)14-18-4-6-19(7-5-18)20-8-9-23-21(15-20)17-30-24(23)33/h4-9,15,22H,10-14,17H2,1-3H3,(H,30,33)(H,31,34)(H,32,35). The Bertz CT molecular complexity index is 1220. The van der Waals surface area contributed by atoms with Crippen LogP contribution in [-0.4, -0.2) is 48.3 Å². The summed E-state index contributed by atoms with van der Waals surface area (Å²) in [4.78, 5) is 37.6. The molecule has 0 aromatic heterocycles. The van der Waals surface area contributed by atoms with Gasteiger partial charge in [0.2, 0.25) is 5.91 Å². The lowest BCUT2D eigenvalue weighted by molar-refractivity contribution is -0.132. The molecule has 1 saturated heterocycles. The van der Waals surface area contributed by atoms with Crippen LogP contribution in [0.4, 0.5) is 4.79 Å². The second-order valence-corrected chi connectivity index (χ2v) is 10.4. The zero-order valence-electron chi connectivity index (χ0n) is 21.3. The predicted molar refractivity (Wildman–Crippen MR) is 136 cm³/mol. The number of nitriles is 1. The van der Waals surface area contributed by atoms with Gasteiger partial charge < -0.3 is 25.4 Å². The van der Waals surface area contributed by atoms with Gasteiger partial charge in [0.05, 0.1) is 6.07 Å². The molecule has 0 saturated carbocycles. The maximum Gasteiger partial charge on any atom is 0.408 e. The first kappa shape index (κ1) is 26.2. The summed E-state index contributed by atoms with van der Waals surface area (Å²) >= 11 is 0. The number of hydrogen-bond donors (Lipinski definition) is 3. The summed E-state index contributed by atoms with van der Waals surface area (Å²) in [6.07, 6.45) is 0.199. The molecule has 9 heteroatoms. The number of amides is 3. The van der Waals surface area contributed by atoms with E-state index in [1.807, 2.05) is 42.5 Å². The summed E-state index contributed by atoms with van der Waals surface area (Å²) < 4.78 is 10.8. The number of nitrogens with zero attached hydrogens (tertiary/aromatic N) is 1. The molecule has 37 heavy (non-hydrogen) atoms. The molecule has 2 aliphatic heterocycles. The zero-order valence-corrected chi connectivity index (χ0v) is 21.3. The molecular weight excluding hydrogens is 472 g/mol. The van der Waals surface area contributed by atoms with Crippen molar-refractivity contribution in [2.75, 3.05) is 13.2 Å². The van der Waals surface area contributed by atoms with Crippen molar-refractivity contribution in [2.24, 2.45) is 0 Å². The molecule has 2 aromatic carbocycles. The second kappa shape index (κ2) is 10.6. The molecule has 3 amide bonds. The Balaban J connectivity index is 1.42. The van der Waals surface area contributed by atoms with E-state index < -0.39 is 29.2 Å². The van der Waals surface area contributed by atoms with E-state index in [4.69, 9.17) is 9.47 Å². The Morgan fingerprint density at radius 2 is 1.81 bits per heavy atom. The molecule has 4 rings (SSSR count). The maximum absolute atomic E-state index is 13.3. The van der Waals surface area contributed by atoms with E-state index in [0.29, 0.717) is 31.7 Å². The largest absolute Gasteiger partial charge is 0.444 e. The number of carbonyl (C=O) groups excluding carboxylic acids is 3. The van der Waals surface area contributed by atoms with E-state index >= 15 is 0 Å². The van der Waals surface area contributed by atoms with Gasteiger partial charge in [0.1, 0.15) is 17.2 Å². The van der Waals surface area contributed by atoms with E-state index in [9.17, 15) is 19.6 Å². The van der Waals surface area contributed by atoms with Gasteiger partial charge in [-0.25, -0.2) is 4.79 Å². The Morgan fingerprint density at radius 1 is 1.14 bits per heavy atom. The second-order valence-electron chi connectivity index (χ2n) is 10.4. The minimum Gasteiger partial charge on any atom is -0.444 e. The van der Waals surface area contributed by atoms with E-state index in [1.165, 1.54) is 0 Å². The number of carbonyl (C=O) groups is 3. The topological polar surface area (TPSA) is 130 Å². The van der Waals surface area contributed by atoms with E-state index in [0.717, 1.165) is 22.3 Å². The molecule has 194 valence electrons. The number of hydrogen-bond acceptors (Lipinski definition) is 6. The van der Waals surface area contributed by atoms with Crippen LogP contribution in [0.1, 0.15) is 55.1 Å². The molecule has 1 unspecified atom stereocenters. The monoisotopic (exact) mass is 504 g/mol. The molecule has 0 bridgehead atoms. The molecule has 1 fully saturated rings. The maximum atomic E-state index is 13.3. The molecule has 2 heterocycles. The molecule has 0 aliphatic carbocycles. The van der Waals surface area contributed by atoms with Crippen molar-refractivity contribution in [1.29, 1.82) is 5.26 Å². The summed E-state index contributed by atoms with van der Waals surface area (Å²) in [6, 6.07) is 14.9. The quantitative estimate of drug-likeness (QED) is 0.554. The van der Waals surface area contributed by atoms with Crippen LogP contribution in [0.5, 0.6) is 0 Å². The summed E-state index contributed by atoms with van der Waals surface area (Å²) in [6.45, 7) is 6.41. The van der Waals surface area contributed by atoms with Crippen LogP contribution in [-0.2, 0) is 27.2 Å². The number of rotatable bonds is 6. The molecule has 2 aromatic rings. The lowest BCUT2D eigenvalue weighted by Gasteiger charge is -2.37. The van der Waals surface area contributed by atoms with Gasteiger partial charge in [-0.15, -0.1) is 0 Å². The molecule has 0 spiro atoms. The van der Waals surface area contributed by atoms with Crippen molar-refractivity contribution in [3.63, 3.8) is 0 Å². The van der Waals surface area contributed by atoms with Crippen molar-refractivity contribution in [2.45, 2.75) is 63.8 Å².